The van der Waals surface area contributed by atoms with Gasteiger partial charge in [0.15, 0.2) is 5.78 Å². The molecule has 0 aliphatic heterocycles. The Morgan fingerprint density at radius 2 is 1.58 bits per heavy atom. The topological polar surface area (TPSA) is 46.2 Å². The van der Waals surface area contributed by atoms with E-state index >= 15 is 0 Å². The second-order valence-electron chi connectivity index (χ2n) is 4.40. The molecule has 2 rings (SSSR count). The number of anilines is 1. The molecule has 3 heteroatoms. The van der Waals surface area contributed by atoms with Gasteiger partial charge in [0, 0.05) is 18.2 Å². The molecule has 1 N–H and O–H groups in total. The molecule has 0 aliphatic rings. The average molecular weight is 253 g/mol. The van der Waals surface area contributed by atoms with Gasteiger partial charge in [-0.3, -0.25) is 9.59 Å². The molecule has 0 aromatic heterocycles. The Morgan fingerprint density at radius 1 is 0.895 bits per heavy atom. The first-order valence-corrected chi connectivity index (χ1v) is 6.05. The van der Waals surface area contributed by atoms with E-state index in [-0.39, 0.29) is 11.7 Å². The number of benzene rings is 2. The molecule has 0 fully saturated rings. The van der Waals surface area contributed by atoms with Gasteiger partial charge in [0.25, 0.3) is 0 Å². The smallest absolute Gasteiger partial charge is 0.221 e. The SMILES string of the molecule is CC(=O)Nc1ccc(-c2cccc(C(C)=O)c2)cc1. The molecule has 96 valence electrons. The Bertz CT molecular complexity index is 615. The molecule has 2 aromatic rings. The summed E-state index contributed by atoms with van der Waals surface area (Å²) in [5.74, 6) is -0.0388. The molecule has 2 aromatic carbocycles. The number of rotatable bonds is 3. The van der Waals surface area contributed by atoms with Crippen molar-refractivity contribution in [2.24, 2.45) is 0 Å². The van der Waals surface area contributed by atoms with Gasteiger partial charge in [-0.1, -0.05) is 30.3 Å². The summed E-state index contributed by atoms with van der Waals surface area (Å²) in [6.07, 6.45) is 0. The van der Waals surface area contributed by atoms with Crippen LogP contribution >= 0.6 is 0 Å². The molecule has 0 unspecified atom stereocenters. The second kappa shape index (κ2) is 5.48. The second-order valence-corrected chi connectivity index (χ2v) is 4.40. The molecule has 0 aliphatic carbocycles. The molecule has 0 saturated heterocycles. The van der Waals surface area contributed by atoms with Crippen LogP contribution in [-0.4, -0.2) is 11.7 Å². The van der Waals surface area contributed by atoms with Crippen molar-refractivity contribution in [1.29, 1.82) is 0 Å². The summed E-state index contributed by atoms with van der Waals surface area (Å²) < 4.78 is 0. The van der Waals surface area contributed by atoms with Crippen molar-refractivity contribution >= 4 is 17.4 Å². The van der Waals surface area contributed by atoms with Crippen LogP contribution < -0.4 is 5.32 Å². The number of hydrogen-bond acceptors (Lipinski definition) is 2. The monoisotopic (exact) mass is 253 g/mol. The molecular weight excluding hydrogens is 238 g/mol. The Hall–Kier alpha value is -2.42. The Labute approximate surface area is 112 Å². The van der Waals surface area contributed by atoms with Crippen molar-refractivity contribution in [2.75, 3.05) is 5.32 Å². The fourth-order valence-electron chi connectivity index (χ4n) is 1.87. The Kier molecular flexibility index (Phi) is 3.76. The summed E-state index contributed by atoms with van der Waals surface area (Å²) in [6.45, 7) is 3.03. The first-order chi connectivity index (χ1) is 9.06. The van der Waals surface area contributed by atoms with Crippen LogP contribution in [0.15, 0.2) is 48.5 Å². The first kappa shape index (κ1) is 13.0. The highest BCUT2D eigenvalue weighted by Gasteiger charge is 2.03. The van der Waals surface area contributed by atoms with E-state index < -0.39 is 0 Å². The standard InChI is InChI=1S/C16H15NO2/c1-11(18)14-4-3-5-15(10-14)13-6-8-16(9-7-13)17-12(2)19/h3-10H,1-2H3,(H,17,19). The summed E-state index contributed by atoms with van der Waals surface area (Å²) in [5.41, 5.74) is 3.46. The summed E-state index contributed by atoms with van der Waals surface area (Å²) in [7, 11) is 0. The van der Waals surface area contributed by atoms with E-state index in [4.69, 9.17) is 0 Å². The summed E-state index contributed by atoms with van der Waals surface area (Å²) in [4.78, 5) is 22.3. The average Bonchev–Trinajstić information content (AvgIpc) is 2.39. The van der Waals surface area contributed by atoms with Crippen molar-refractivity contribution in [2.45, 2.75) is 13.8 Å². The lowest BCUT2D eigenvalue weighted by molar-refractivity contribution is -0.114. The number of amides is 1. The van der Waals surface area contributed by atoms with Crippen LogP contribution in [0.1, 0.15) is 24.2 Å². The van der Waals surface area contributed by atoms with Gasteiger partial charge in [0.1, 0.15) is 0 Å². The van der Waals surface area contributed by atoms with Crippen molar-refractivity contribution in [3.63, 3.8) is 0 Å². The van der Waals surface area contributed by atoms with Gasteiger partial charge in [0.2, 0.25) is 5.91 Å². The number of Topliss-reactive ketones (excluding diaryl/α,β-unsaturated/α-hetero) is 1. The molecular formula is C16H15NO2. The van der Waals surface area contributed by atoms with Gasteiger partial charge in [-0.2, -0.15) is 0 Å². The van der Waals surface area contributed by atoms with Gasteiger partial charge < -0.3 is 5.32 Å². The van der Waals surface area contributed by atoms with E-state index in [9.17, 15) is 9.59 Å². The van der Waals surface area contributed by atoms with Crippen molar-refractivity contribution in [3.8, 4) is 11.1 Å². The van der Waals surface area contributed by atoms with Crippen LogP contribution in [0.2, 0.25) is 0 Å². The van der Waals surface area contributed by atoms with E-state index in [1.165, 1.54) is 6.92 Å². The van der Waals surface area contributed by atoms with Gasteiger partial charge in [-0.15, -0.1) is 0 Å². The maximum absolute atomic E-state index is 11.4. The maximum atomic E-state index is 11.4. The minimum Gasteiger partial charge on any atom is -0.326 e. The third kappa shape index (κ3) is 3.28. The zero-order chi connectivity index (χ0) is 13.8. The predicted molar refractivity (Wildman–Crippen MR) is 76.2 cm³/mol. The van der Waals surface area contributed by atoms with Gasteiger partial charge in [-0.25, -0.2) is 0 Å². The molecule has 1 amide bonds. The Morgan fingerprint density at radius 3 is 2.16 bits per heavy atom. The number of carbonyl (C=O) groups is 2. The molecule has 19 heavy (non-hydrogen) atoms. The fraction of sp³-hybridized carbons (Fsp3) is 0.125. The van der Waals surface area contributed by atoms with Gasteiger partial charge in [0.05, 0.1) is 0 Å². The number of hydrogen-bond donors (Lipinski definition) is 1. The van der Waals surface area contributed by atoms with E-state index in [0.29, 0.717) is 5.56 Å². The lowest BCUT2D eigenvalue weighted by Crippen LogP contribution is -2.05. The molecule has 0 saturated carbocycles. The summed E-state index contributed by atoms with van der Waals surface area (Å²) in [6, 6.07) is 15.0. The van der Waals surface area contributed by atoms with Crippen LogP contribution in [0.4, 0.5) is 5.69 Å². The third-order valence-corrected chi connectivity index (χ3v) is 2.81. The highest BCUT2D eigenvalue weighted by Crippen LogP contribution is 2.22. The lowest BCUT2D eigenvalue weighted by Gasteiger charge is -2.06. The predicted octanol–water partition coefficient (Wildman–Crippen LogP) is 3.51. The first-order valence-electron chi connectivity index (χ1n) is 6.05. The van der Waals surface area contributed by atoms with Crippen LogP contribution in [0, 0.1) is 0 Å². The third-order valence-electron chi connectivity index (χ3n) is 2.81. The quantitative estimate of drug-likeness (QED) is 0.851. The van der Waals surface area contributed by atoms with Gasteiger partial charge >= 0.3 is 0 Å². The minimum atomic E-state index is -0.0914. The van der Waals surface area contributed by atoms with Gasteiger partial charge in [-0.05, 0) is 36.2 Å². The van der Waals surface area contributed by atoms with E-state index in [0.717, 1.165) is 16.8 Å². The molecule has 0 atom stereocenters. The van der Waals surface area contributed by atoms with E-state index in [1.54, 1.807) is 13.0 Å². The normalized spacial score (nSPS) is 10.0. The molecule has 0 bridgehead atoms. The summed E-state index contributed by atoms with van der Waals surface area (Å²) >= 11 is 0. The minimum absolute atomic E-state index is 0.0525. The maximum Gasteiger partial charge on any atom is 0.221 e. The lowest BCUT2D eigenvalue weighted by atomic mass is 10.0. The molecule has 0 heterocycles. The number of nitrogens with one attached hydrogen (secondary N) is 1. The molecule has 0 radical (unpaired) electrons. The van der Waals surface area contributed by atoms with Crippen LogP contribution in [0.5, 0.6) is 0 Å². The summed E-state index contributed by atoms with van der Waals surface area (Å²) in [5, 5.41) is 2.72. The van der Waals surface area contributed by atoms with Crippen LogP contribution in [0.3, 0.4) is 0 Å². The Balaban J connectivity index is 2.29. The number of ketones is 1. The van der Waals surface area contributed by atoms with Crippen molar-refractivity contribution in [3.05, 3.63) is 54.1 Å². The largest absolute Gasteiger partial charge is 0.326 e. The van der Waals surface area contributed by atoms with Crippen LogP contribution in [-0.2, 0) is 4.79 Å². The molecule has 3 nitrogen and oxygen atoms in total. The fourth-order valence-corrected chi connectivity index (χ4v) is 1.87. The zero-order valence-electron chi connectivity index (χ0n) is 10.9. The zero-order valence-corrected chi connectivity index (χ0v) is 10.9. The van der Waals surface area contributed by atoms with E-state index in [1.807, 2.05) is 42.5 Å². The highest BCUT2D eigenvalue weighted by molar-refractivity contribution is 5.95. The highest BCUT2D eigenvalue weighted by atomic mass is 16.1. The van der Waals surface area contributed by atoms with Crippen LogP contribution in [0.25, 0.3) is 11.1 Å². The molecule has 0 spiro atoms. The van der Waals surface area contributed by atoms with E-state index in [2.05, 4.69) is 5.32 Å². The van der Waals surface area contributed by atoms with Crippen molar-refractivity contribution in [1.82, 2.24) is 0 Å². The number of carbonyl (C=O) groups excluding carboxylic acids is 2. The van der Waals surface area contributed by atoms with Crippen molar-refractivity contribution < 1.29 is 9.59 Å².